The zero-order valence-corrected chi connectivity index (χ0v) is 19.2. The summed E-state index contributed by atoms with van der Waals surface area (Å²) in [6.07, 6.45) is 0. The van der Waals surface area contributed by atoms with Crippen LogP contribution in [0.2, 0.25) is 5.02 Å². The number of halogens is 1. The molecule has 0 spiro atoms. The van der Waals surface area contributed by atoms with Crippen molar-refractivity contribution < 1.29 is 4.79 Å². The van der Waals surface area contributed by atoms with Crippen molar-refractivity contribution >= 4 is 17.5 Å². The highest BCUT2D eigenvalue weighted by atomic mass is 35.5. The second-order valence-corrected chi connectivity index (χ2v) is 8.77. The van der Waals surface area contributed by atoms with Crippen LogP contribution in [0.25, 0.3) is 0 Å². The zero-order valence-electron chi connectivity index (χ0n) is 18.4. The quantitative estimate of drug-likeness (QED) is 0.592. The summed E-state index contributed by atoms with van der Waals surface area (Å²) in [7, 11) is 0. The molecule has 31 heavy (non-hydrogen) atoms. The van der Waals surface area contributed by atoms with Crippen LogP contribution in [0, 0.1) is 20.8 Å². The van der Waals surface area contributed by atoms with Crippen molar-refractivity contribution in [3.05, 3.63) is 87.2 Å². The fraction of sp³-hybridized carbons (Fsp3) is 0.360. The van der Waals surface area contributed by atoms with Crippen LogP contribution in [-0.2, 0) is 13.1 Å². The van der Waals surface area contributed by atoms with Gasteiger partial charge in [0.2, 0.25) is 0 Å². The second-order valence-electron chi connectivity index (χ2n) is 8.40. The summed E-state index contributed by atoms with van der Waals surface area (Å²) in [4.78, 5) is 17.3. The Morgan fingerprint density at radius 1 is 0.935 bits per heavy atom. The summed E-state index contributed by atoms with van der Waals surface area (Å²) >= 11 is 6.24. The molecular formula is C25H29ClN4O. The molecule has 1 amide bonds. The van der Waals surface area contributed by atoms with Crippen molar-refractivity contribution in [3.63, 3.8) is 0 Å². The average Bonchev–Trinajstić information content (AvgIpc) is 3.01. The summed E-state index contributed by atoms with van der Waals surface area (Å²) in [6.45, 7) is 10.9. The van der Waals surface area contributed by atoms with Crippen LogP contribution in [0.15, 0.2) is 48.5 Å². The van der Waals surface area contributed by atoms with E-state index in [0.29, 0.717) is 11.6 Å². The van der Waals surface area contributed by atoms with Gasteiger partial charge in [-0.15, -0.1) is 0 Å². The molecule has 1 aliphatic rings. The first-order valence-corrected chi connectivity index (χ1v) is 11.1. The first kappa shape index (κ1) is 21.6. The Balaban J connectivity index is 1.33. The number of amides is 1. The Bertz CT molecular complexity index is 1070. The minimum absolute atomic E-state index is 0.107. The van der Waals surface area contributed by atoms with Crippen molar-refractivity contribution in [2.24, 2.45) is 0 Å². The third kappa shape index (κ3) is 5.00. The van der Waals surface area contributed by atoms with E-state index in [1.54, 1.807) is 0 Å². The van der Waals surface area contributed by atoms with Gasteiger partial charge in [-0.1, -0.05) is 53.6 Å². The second kappa shape index (κ2) is 9.25. The predicted molar refractivity (Wildman–Crippen MR) is 125 cm³/mol. The smallest absolute Gasteiger partial charge is 0.253 e. The molecule has 4 rings (SSSR count). The van der Waals surface area contributed by atoms with E-state index in [1.807, 2.05) is 47.7 Å². The minimum atomic E-state index is 0.107. The summed E-state index contributed by atoms with van der Waals surface area (Å²) in [5, 5.41) is 5.20. The molecule has 1 fully saturated rings. The third-order valence-electron chi connectivity index (χ3n) is 5.97. The molecule has 2 heterocycles. The van der Waals surface area contributed by atoms with Crippen LogP contribution in [0.1, 0.15) is 38.4 Å². The van der Waals surface area contributed by atoms with Gasteiger partial charge < -0.3 is 4.90 Å². The average molecular weight is 437 g/mol. The fourth-order valence-corrected chi connectivity index (χ4v) is 4.25. The van der Waals surface area contributed by atoms with E-state index in [2.05, 4.69) is 41.2 Å². The fourth-order valence-electron chi connectivity index (χ4n) is 4.12. The molecule has 1 aliphatic heterocycles. The molecule has 0 radical (unpaired) electrons. The van der Waals surface area contributed by atoms with Gasteiger partial charge in [0.1, 0.15) is 0 Å². The lowest BCUT2D eigenvalue weighted by molar-refractivity contribution is 0.0628. The molecule has 162 valence electrons. The summed E-state index contributed by atoms with van der Waals surface area (Å²) in [5.41, 5.74) is 6.26. The number of carbonyl (C=O) groups is 1. The molecule has 3 aromatic rings. The lowest BCUT2D eigenvalue weighted by Gasteiger charge is -2.34. The molecule has 2 aromatic carbocycles. The monoisotopic (exact) mass is 436 g/mol. The van der Waals surface area contributed by atoms with Crippen LogP contribution in [0.3, 0.4) is 0 Å². The first-order chi connectivity index (χ1) is 14.9. The van der Waals surface area contributed by atoms with Gasteiger partial charge in [0.05, 0.1) is 23.0 Å². The van der Waals surface area contributed by atoms with E-state index in [1.165, 1.54) is 11.1 Å². The molecule has 5 nitrogen and oxygen atoms in total. The number of benzene rings is 2. The first-order valence-electron chi connectivity index (χ1n) is 10.8. The van der Waals surface area contributed by atoms with E-state index in [0.717, 1.165) is 55.2 Å². The standard InChI is InChI=1S/C25H29ClN4O/c1-18-5-4-6-22(15-18)16-28-11-13-29(14-12-28)25(31)23-9-7-21(8-10-23)17-30-20(3)24(26)19(2)27-30/h4-10,15H,11-14,16-17H2,1-3H3. The van der Waals surface area contributed by atoms with E-state index >= 15 is 0 Å². The Kier molecular flexibility index (Phi) is 6.44. The van der Waals surface area contributed by atoms with Crippen LogP contribution >= 0.6 is 11.6 Å². The summed E-state index contributed by atoms with van der Waals surface area (Å²) < 4.78 is 1.90. The highest BCUT2D eigenvalue weighted by Crippen LogP contribution is 2.20. The normalized spacial score (nSPS) is 14.8. The van der Waals surface area contributed by atoms with E-state index in [-0.39, 0.29) is 5.91 Å². The number of aromatic nitrogens is 2. The number of rotatable bonds is 5. The zero-order chi connectivity index (χ0) is 22.0. The maximum Gasteiger partial charge on any atom is 0.253 e. The molecule has 0 N–H and O–H groups in total. The molecule has 0 unspecified atom stereocenters. The maximum absolute atomic E-state index is 13.0. The van der Waals surface area contributed by atoms with Crippen molar-refractivity contribution in [1.82, 2.24) is 19.6 Å². The van der Waals surface area contributed by atoms with E-state index < -0.39 is 0 Å². The third-order valence-corrected chi connectivity index (χ3v) is 6.52. The molecule has 0 bridgehead atoms. The Morgan fingerprint density at radius 2 is 1.65 bits per heavy atom. The number of hydrogen-bond acceptors (Lipinski definition) is 3. The van der Waals surface area contributed by atoms with Crippen LogP contribution < -0.4 is 0 Å². The van der Waals surface area contributed by atoms with Gasteiger partial charge in [-0.3, -0.25) is 14.4 Å². The largest absolute Gasteiger partial charge is 0.336 e. The number of piperazine rings is 1. The molecule has 6 heteroatoms. The maximum atomic E-state index is 13.0. The van der Waals surface area contributed by atoms with Gasteiger partial charge in [-0.2, -0.15) is 5.10 Å². The van der Waals surface area contributed by atoms with E-state index in [4.69, 9.17) is 11.6 Å². The molecular weight excluding hydrogens is 408 g/mol. The van der Waals surface area contributed by atoms with E-state index in [9.17, 15) is 4.79 Å². The lowest BCUT2D eigenvalue weighted by atomic mass is 10.1. The van der Waals surface area contributed by atoms with Crippen LogP contribution in [0.4, 0.5) is 0 Å². The van der Waals surface area contributed by atoms with Crippen LogP contribution in [0.5, 0.6) is 0 Å². The highest BCUT2D eigenvalue weighted by molar-refractivity contribution is 6.31. The predicted octanol–water partition coefficient (Wildman–Crippen LogP) is 4.47. The van der Waals surface area contributed by atoms with Crippen molar-refractivity contribution in [1.29, 1.82) is 0 Å². The number of nitrogens with zero attached hydrogens (tertiary/aromatic N) is 4. The summed E-state index contributed by atoms with van der Waals surface area (Å²) in [6, 6.07) is 16.5. The van der Waals surface area contributed by atoms with Crippen LogP contribution in [-0.4, -0.2) is 51.7 Å². The highest BCUT2D eigenvalue weighted by Gasteiger charge is 2.22. The van der Waals surface area contributed by atoms with Gasteiger partial charge >= 0.3 is 0 Å². The molecule has 0 saturated carbocycles. The Hall–Kier alpha value is -2.63. The minimum Gasteiger partial charge on any atom is -0.336 e. The number of hydrogen-bond donors (Lipinski definition) is 0. The number of aryl methyl sites for hydroxylation is 2. The molecule has 1 aromatic heterocycles. The molecule has 1 saturated heterocycles. The summed E-state index contributed by atoms with van der Waals surface area (Å²) in [5.74, 6) is 0.107. The van der Waals surface area contributed by atoms with Gasteiger partial charge in [-0.25, -0.2) is 0 Å². The van der Waals surface area contributed by atoms with Crippen molar-refractivity contribution in [2.75, 3.05) is 26.2 Å². The van der Waals surface area contributed by atoms with Gasteiger partial charge in [0, 0.05) is 38.3 Å². The molecule has 0 aliphatic carbocycles. The molecule has 0 atom stereocenters. The van der Waals surface area contributed by atoms with Crippen molar-refractivity contribution in [2.45, 2.75) is 33.9 Å². The topological polar surface area (TPSA) is 41.4 Å². The lowest BCUT2D eigenvalue weighted by Crippen LogP contribution is -2.48. The van der Waals surface area contributed by atoms with Gasteiger partial charge in [-0.05, 0) is 44.0 Å². The Morgan fingerprint density at radius 3 is 2.26 bits per heavy atom. The van der Waals surface area contributed by atoms with Gasteiger partial charge in [0.15, 0.2) is 0 Å². The SMILES string of the molecule is Cc1cccc(CN2CCN(C(=O)c3ccc(Cn4nc(C)c(Cl)c4C)cc3)CC2)c1. The Labute approximate surface area is 189 Å². The van der Waals surface area contributed by atoms with Gasteiger partial charge in [0.25, 0.3) is 5.91 Å². The number of carbonyl (C=O) groups excluding carboxylic acids is 1. The van der Waals surface area contributed by atoms with Crippen molar-refractivity contribution in [3.8, 4) is 0 Å².